The van der Waals surface area contributed by atoms with E-state index in [1.807, 2.05) is 32.9 Å². The van der Waals surface area contributed by atoms with Crippen molar-refractivity contribution in [3.63, 3.8) is 0 Å². The molecule has 0 aliphatic heterocycles. The first-order chi connectivity index (χ1) is 9.88. The Morgan fingerprint density at radius 3 is 2.52 bits per heavy atom. The molecule has 1 unspecified atom stereocenters. The van der Waals surface area contributed by atoms with Crippen LogP contribution in [0.15, 0.2) is 35.1 Å². The Morgan fingerprint density at radius 1 is 1.14 bits per heavy atom. The Morgan fingerprint density at radius 2 is 1.86 bits per heavy atom. The monoisotopic (exact) mass is 284 g/mol. The number of H-pyrrole nitrogens is 1. The quantitative estimate of drug-likeness (QED) is 0.910. The van der Waals surface area contributed by atoms with Gasteiger partial charge in [0.15, 0.2) is 0 Å². The van der Waals surface area contributed by atoms with Gasteiger partial charge in [-0.25, -0.2) is 0 Å². The summed E-state index contributed by atoms with van der Waals surface area (Å²) in [5.74, 6) is -0.357. The highest BCUT2D eigenvalue weighted by Crippen LogP contribution is 2.19. The first kappa shape index (κ1) is 15.0. The minimum Gasteiger partial charge on any atom is -0.345 e. The molecule has 1 aromatic carbocycles. The van der Waals surface area contributed by atoms with Gasteiger partial charge in [0.25, 0.3) is 11.5 Å². The molecule has 2 N–H and O–H groups in total. The van der Waals surface area contributed by atoms with E-state index in [1.54, 1.807) is 19.1 Å². The molecule has 0 bridgehead atoms. The number of pyridine rings is 1. The Kier molecular flexibility index (Phi) is 4.26. The summed E-state index contributed by atoms with van der Waals surface area (Å²) in [4.78, 5) is 26.7. The van der Waals surface area contributed by atoms with Crippen molar-refractivity contribution in [2.24, 2.45) is 0 Å². The van der Waals surface area contributed by atoms with E-state index in [2.05, 4.69) is 16.4 Å². The average Bonchev–Trinajstić information content (AvgIpc) is 2.41. The van der Waals surface area contributed by atoms with Crippen LogP contribution in [0.5, 0.6) is 0 Å². The minimum absolute atomic E-state index is 0.137. The Bertz CT molecular complexity index is 732. The molecule has 0 spiro atoms. The maximum Gasteiger partial charge on any atom is 0.260 e. The average molecular weight is 284 g/mol. The van der Waals surface area contributed by atoms with E-state index < -0.39 is 0 Å². The number of aromatic nitrogens is 1. The van der Waals surface area contributed by atoms with Crippen LogP contribution in [0.25, 0.3) is 0 Å². The van der Waals surface area contributed by atoms with Crippen molar-refractivity contribution in [2.45, 2.75) is 33.7 Å². The molecule has 2 aromatic rings. The molecule has 1 amide bonds. The summed E-state index contributed by atoms with van der Waals surface area (Å²) in [6, 6.07) is 9.25. The van der Waals surface area contributed by atoms with Crippen molar-refractivity contribution in [1.82, 2.24) is 10.3 Å². The van der Waals surface area contributed by atoms with Gasteiger partial charge in [-0.15, -0.1) is 0 Å². The molecule has 0 fully saturated rings. The summed E-state index contributed by atoms with van der Waals surface area (Å²) < 4.78 is 0. The molecule has 2 rings (SSSR count). The molecular formula is C17H20N2O2. The third-order valence-corrected chi connectivity index (χ3v) is 3.55. The molecule has 21 heavy (non-hydrogen) atoms. The van der Waals surface area contributed by atoms with Crippen molar-refractivity contribution < 1.29 is 4.79 Å². The van der Waals surface area contributed by atoms with Crippen molar-refractivity contribution in [3.05, 3.63) is 68.6 Å². The van der Waals surface area contributed by atoms with Crippen LogP contribution in [-0.2, 0) is 0 Å². The zero-order valence-electron chi connectivity index (χ0n) is 12.8. The lowest BCUT2D eigenvalue weighted by Crippen LogP contribution is -2.32. The van der Waals surface area contributed by atoms with Gasteiger partial charge in [0.2, 0.25) is 0 Å². The second-order valence-corrected chi connectivity index (χ2v) is 5.44. The van der Waals surface area contributed by atoms with E-state index in [-0.39, 0.29) is 23.1 Å². The zero-order valence-corrected chi connectivity index (χ0v) is 12.8. The van der Waals surface area contributed by atoms with Crippen LogP contribution in [0.4, 0.5) is 0 Å². The Labute approximate surface area is 124 Å². The van der Waals surface area contributed by atoms with Crippen LogP contribution in [0.2, 0.25) is 0 Å². The molecule has 0 saturated carbocycles. The maximum absolute atomic E-state index is 12.2. The number of carbonyl (C=O) groups is 1. The van der Waals surface area contributed by atoms with Gasteiger partial charge in [-0.1, -0.05) is 23.8 Å². The van der Waals surface area contributed by atoms with Crippen molar-refractivity contribution in [1.29, 1.82) is 0 Å². The second kappa shape index (κ2) is 5.95. The van der Waals surface area contributed by atoms with Crippen LogP contribution in [0, 0.1) is 20.8 Å². The Balaban J connectivity index is 2.23. The van der Waals surface area contributed by atoms with Gasteiger partial charge >= 0.3 is 0 Å². The molecule has 4 heteroatoms. The summed E-state index contributed by atoms with van der Waals surface area (Å²) in [6.07, 6.45) is 0. The number of aryl methyl sites for hydroxylation is 3. The van der Waals surface area contributed by atoms with Crippen LogP contribution >= 0.6 is 0 Å². The van der Waals surface area contributed by atoms with Crippen molar-refractivity contribution in [2.75, 3.05) is 0 Å². The van der Waals surface area contributed by atoms with Gasteiger partial charge in [-0.05, 0) is 51.0 Å². The number of benzene rings is 1. The van der Waals surface area contributed by atoms with Crippen LogP contribution in [0.1, 0.15) is 45.7 Å². The number of amides is 1. The summed E-state index contributed by atoms with van der Waals surface area (Å²) in [7, 11) is 0. The predicted octanol–water partition coefficient (Wildman–Crippen LogP) is 2.79. The van der Waals surface area contributed by atoms with Crippen LogP contribution < -0.4 is 10.9 Å². The second-order valence-electron chi connectivity index (χ2n) is 5.44. The van der Waals surface area contributed by atoms with E-state index in [4.69, 9.17) is 0 Å². The van der Waals surface area contributed by atoms with Crippen molar-refractivity contribution >= 4 is 5.91 Å². The number of nitrogens with one attached hydrogen (secondary N) is 2. The molecule has 110 valence electrons. The number of rotatable bonds is 3. The maximum atomic E-state index is 12.2. The normalized spacial score (nSPS) is 12.0. The van der Waals surface area contributed by atoms with Crippen LogP contribution in [0.3, 0.4) is 0 Å². The first-order valence-electron chi connectivity index (χ1n) is 6.96. The van der Waals surface area contributed by atoms with Gasteiger partial charge in [0, 0.05) is 5.69 Å². The fourth-order valence-electron chi connectivity index (χ4n) is 2.33. The number of hydrogen-bond donors (Lipinski definition) is 2. The molecule has 4 nitrogen and oxygen atoms in total. The summed E-state index contributed by atoms with van der Waals surface area (Å²) in [5, 5.41) is 2.88. The van der Waals surface area contributed by atoms with Gasteiger partial charge in [-0.3, -0.25) is 9.59 Å². The highest BCUT2D eigenvalue weighted by Gasteiger charge is 2.15. The number of hydrogen-bond acceptors (Lipinski definition) is 2. The van der Waals surface area contributed by atoms with Crippen molar-refractivity contribution in [3.8, 4) is 0 Å². The number of aromatic amines is 1. The summed E-state index contributed by atoms with van der Waals surface area (Å²) in [5.41, 5.74) is 3.83. The van der Waals surface area contributed by atoms with Gasteiger partial charge in [-0.2, -0.15) is 0 Å². The van der Waals surface area contributed by atoms with E-state index in [1.165, 1.54) is 0 Å². The highest BCUT2D eigenvalue weighted by molar-refractivity contribution is 5.94. The van der Waals surface area contributed by atoms with Crippen LogP contribution in [-0.4, -0.2) is 10.9 Å². The lowest BCUT2D eigenvalue weighted by molar-refractivity contribution is 0.0938. The minimum atomic E-state index is -0.360. The predicted molar refractivity (Wildman–Crippen MR) is 83.6 cm³/mol. The molecule has 0 saturated heterocycles. The van der Waals surface area contributed by atoms with Gasteiger partial charge in [0.05, 0.1) is 6.04 Å². The van der Waals surface area contributed by atoms with Gasteiger partial charge in [0.1, 0.15) is 5.56 Å². The van der Waals surface area contributed by atoms with E-state index in [0.717, 1.165) is 22.4 Å². The lowest BCUT2D eigenvalue weighted by atomic mass is 10.00. The molecule has 0 aliphatic rings. The number of carbonyl (C=O) groups excluding carboxylic acids is 1. The molecular weight excluding hydrogens is 264 g/mol. The largest absolute Gasteiger partial charge is 0.345 e. The fraction of sp³-hybridized carbons (Fsp3) is 0.294. The highest BCUT2D eigenvalue weighted by atomic mass is 16.2. The molecule has 0 aliphatic carbocycles. The third kappa shape index (κ3) is 3.40. The topological polar surface area (TPSA) is 62.0 Å². The Hall–Kier alpha value is -2.36. The fourth-order valence-corrected chi connectivity index (χ4v) is 2.33. The van der Waals surface area contributed by atoms with E-state index in [0.29, 0.717) is 0 Å². The van der Waals surface area contributed by atoms with E-state index in [9.17, 15) is 9.59 Å². The molecule has 1 aromatic heterocycles. The summed E-state index contributed by atoms with van der Waals surface area (Å²) in [6.45, 7) is 7.72. The lowest BCUT2D eigenvalue weighted by Gasteiger charge is -2.17. The zero-order chi connectivity index (χ0) is 15.6. The molecule has 0 radical (unpaired) electrons. The third-order valence-electron chi connectivity index (χ3n) is 3.55. The smallest absolute Gasteiger partial charge is 0.260 e. The molecule has 1 atom stereocenters. The standard InChI is InChI=1S/C17H20N2O2/c1-10-5-6-11(2)15(9-10)13(4)19-17(21)14-8-7-12(3)18-16(14)20/h5-9,13H,1-4H3,(H,18,20)(H,19,21). The SMILES string of the molecule is Cc1ccc(C)c(C(C)NC(=O)c2ccc(C)[nH]c2=O)c1. The van der Waals surface area contributed by atoms with E-state index >= 15 is 0 Å². The summed E-state index contributed by atoms with van der Waals surface area (Å²) >= 11 is 0. The van der Waals surface area contributed by atoms with Gasteiger partial charge < -0.3 is 10.3 Å². The molecule has 1 heterocycles. The first-order valence-corrected chi connectivity index (χ1v) is 6.96.